The second-order valence-corrected chi connectivity index (χ2v) is 8.77. The van der Waals surface area contributed by atoms with E-state index in [0.29, 0.717) is 39.4 Å². The highest BCUT2D eigenvalue weighted by Gasteiger charge is 2.21. The molecule has 9 heteroatoms. The number of benzene rings is 1. The quantitative estimate of drug-likeness (QED) is 0.566. The number of likely N-dealkylation sites (N-methyl/N-ethyl adjacent to an activating group) is 1. The summed E-state index contributed by atoms with van der Waals surface area (Å²) in [4.78, 5) is 45.1. The maximum Gasteiger partial charge on any atom is 0.266 e. The number of carbonyl (C=O) groups is 2. The Balaban J connectivity index is 1.94. The van der Waals surface area contributed by atoms with Gasteiger partial charge in [-0.15, -0.1) is 11.3 Å². The predicted molar refractivity (Wildman–Crippen MR) is 123 cm³/mol. The molecule has 0 atom stereocenters. The van der Waals surface area contributed by atoms with E-state index in [1.807, 2.05) is 39.0 Å². The Bertz CT molecular complexity index is 1180. The van der Waals surface area contributed by atoms with Crippen LogP contribution in [-0.2, 0) is 11.3 Å². The van der Waals surface area contributed by atoms with Gasteiger partial charge in [0.2, 0.25) is 5.91 Å². The third-order valence-corrected chi connectivity index (χ3v) is 6.77. The first kappa shape index (κ1) is 22.2. The number of rotatable bonds is 6. The average molecular weight is 491 g/mol. The van der Waals surface area contributed by atoms with Gasteiger partial charge in [0.25, 0.3) is 11.5 Å². The van der Waals surface area contributed by atoms with Gasteiger partial charge in [-0.1, -0.05) is 6.07 Å². The zero-order valence-corrected chi connectivity index (χ0v) is 19.7. The van der Waals surface area contributed by atoms with Crippen molar-refractivity contribution in [2.24, 2.45) is 0 Å². The number of hydrogen-bond donors (Lipinski definition) is 1. The van der Waals surface area contributed by atoms with Crippen LogP contribution in [0.15, 0.2) is 33.8 Å². The van der Waals surface area contributed by atoms with Crippen LogP contribution >= 0.6 is 27.3 Å². The zero-order chi connectivity index (χ0) is 22.0. The van der Waals surface area contributed by atoms with Gasteiger partial charge in [0.05, 0.1) is 22.3 Å². The number of aromatic nitrogens is 2. The van der Waals surface area contributed by atoms with Gasteiger partial charge in [-0.25, -0.2) is 4.98 Å². The Morgan fingerprint density at radius 3 is 2.57 bits per heavy atom. The van der Waals surface area contributed by atoms with Gasteiger partial charge >= 0.3 is 0 Å². The van der Waals surface area contributed by atoms with Crippen LogP contribution in [0.2, 0.25) is 0 Å². The van der Waals surface area contributed by atoms with E-state index >= 15 is 0 Å². The van der Waals surface area contributed by atoms with Crippen molar-refractivity contribution in [2.75, 3.05) is 18.4 Å². The molecule has 0 spiro atoms. The van der Waals surface area contributed by atoms with Gasteiger partial charge in [0.15, 0.2) is 0 Å². The van der Waals surface area contributed by atoms with Crippen molar-refractivity contribution in [1.29, 1.82) is 0 Å². The lowest BCUT2D eigenvalue weighted by molar-refractivity contribution is -0.131. The Morgan fingerprint density at radius 1 is 1.23 bits per heavy atom. The van der Waals surface area contributed by atoms with Gasteiger partial charge < -0.3 is 10.2 Å². The molecule has 0 saturated carbocycles. The Labute approximate surface area is 186 Å². The maximum absolute atomic E-state index is 13.0. The molecule has 3 aromatic rings. The van der Waals surface area contributed by atoms with E-state index in [-0.39, 0.29) is 23.9 Å². The first-order valence-electron chi connectivity index (χ1n) is 9.60. The van der Waals surface area contributed by atoms with Crippen LogP contribution in [-0.4, -0.2) is 39.4 Å². The molecule has 0 unspecified atom stereocenters. The molecule has 1 aromatic carbocycles. The second kappa shape index (κ2) is 9.09. The van der Waals surface area contributed by atoms with E-state index < -0.39 is 0 Å². The number of nitrogens with one attached hydrogen (secondary N) is 1. The number of thiophene rings is 1. The van der Waals surface area contributed by atoms with E-state index in [1.165, 1.54) is 22.2 Å². The third kappa shape index (κ3) is 4.32. The lowest BCUT2D eigenvalue weighted by Gasteiger charge is -2.18. The zero-order valence-electron chi connectivity index (χ0n) is 17.3. The Morgan fingerprint density at radius 2 is 1.93 bits per heavy atom. The normalized spacial score (nSPS) is 11.0. The summed E-state index contributed by atoms with van der Waals surface area (Å²) in [5.74, 6) is -0.441. The number of halogens is 1. The topological polar surface area (TPSA) is 84.3 Å². The molecule has 30 heavy (non-hydrogen) atoms. The minimum atomic E-state index is -0.315. The summed E-state index contributed by atoms with van der Waals surface area (Å²) < 4.78 is 2.09. The van der Waals surface area contributed by atoms with Crippen LogP contribution < -0.4 is 10.9 Å². The molecule has 0 saturated heterocycles. The van der Waals surface area contributed by atoms with E-state index in [9.17, 15) is 14.4 Å². The number of anilines is 1. The van der Waals surface area contributed by atoms with E-state index in [1.54, 1.807) is 11.8 Å². The van der Waals surface area contributed by atoms with Gasteiger partial charge in [-0.05, 0) is 66.9 Å². The monoisotopic (exact) mass is 490 g/mol. The number of fused-ring (bicyclic) bond motifs is 1. The van der Waals surface area contributed by atoms with E-state index in [2.05, 4.69) is 26.2 Å². The first-order valence-corrected chi connectivity index (χ1v) is 11.2. The van der Waals surface area contributed by atoms with Crippen LogP contribution in [0.4, 0.5) is 5.69 Å². The molecule has 0 aliphatic heterocycles. The number of amides is 2. The fraction of sp³-hybridized carbons (Fsp3) is 0.333. The highest BCUT2D eigenvalue weighted by atomic mass is 79.9. The predicted octanol–water partition coefficient (Wildman–Crippen LogP) is 3.96. The molecule has 1 N–H and O–H groups in total. The molecule has 0 aliphatic carbocycles. The second-order valence-electron chi connectivity index (χ2n) is 6.92. The van der Waals surface area contributed by atoms with Crippen LogP contribution in [0.1, 0.15) is 34.6 Å². The van der Waals surface area contributed by atoms with Crippen molar-refractivity contribution >= 4 is 55.0 Å². The van der Waals surface area contributed by atoms with Crippen LogP contribution in [0, 0.1) is 13.8 Å². The van der Waals surface area contributed by atoms with Crippen molar-refractivity contribution in [1.82, 2.24) is 14.5 Å². The minimum absolute atomic E-state index is 0.0728. The van der Waals surface area contributed by atoms with Gasteiger partial charge in [-0.3, -0.25) is 19.0 Å². The van der Waals surface area contributed by atoms with Crippen molar-refractivity contribution in [3.05, 3.63) is 55.4 Å². The molecular weight excluding hydrogens is 468 g/mol. The fourth-order valence-corrected chi connectivity index (χ4v) is 4.84. The molecule has 158 valence electrons. The molecule has 2 amide bonds. The largest absolute Gasteiger partial charge is 0.342 e. The summed E-state index contributed by atoms with van der Waals surface area (Å²) in [7, 11) is 0. The van der Waals surface area contributed by atoms with Crippen LogP contribution in [0.5, 0.6) is 0 Å². The van der Waals surface area contributed by atoms with E-state index in [4.69, 9.17) is 0 Å². The smallest absolute Gasteiger partial charge is 0.266 e. The molecule has 7 nitrogen and oxygen atoms in total. The van der Waals surface area contributed by atoms with Crippen molar-refractivity contribution in [3.63, 3.8) is 0 Å². The summed E-state index contributed by atoms with van der Waals surface area (Å²) >= 11 is 4.63. The average Bonchev–Trinajstić information content (AvgIpc) is 3.04. The third-order valence-electron chi connectivity index (χ3n) is 4.92. The van der Waals surface area contributed by atoms with Crippen molar-refractivity contribution in [3.8, 4) is 0 Å². The van der Waals surface area contributed by atoms with Gasteiger partial charge in [-0.2, -0.15) is 0 Å². The molecule has 0 radical (unpaired) electrons. The fourth-order valence-electron chi connectivity index (χ4n) is 3.21. The summed E-state index contributed by atoms with van der Waals surface area (Å²) in [6, 6.07) is 5.65. The summed E-state index contributed by atoms with van der Waals surface area (Å²) in [6.07, 6.45) is 1.38. The Kier molecular flexibility index (Phi) is 6.72. The SMILES string of the molecule is CCN(CC)C(=O)Cn1cnc2sc(C(=O)Nc3ccc(C)cc3Br)c(C)c2c1=O. The lowest BCUT2D eigenvalue weighted by atomic mass is 10.2. The summed E-state index contributed by atoms with van der Waals surface area (Å²) in [6.45, 7) is 8.58. The molecule has 0 fully saturated rings. The molecular formula is C21H23BrN4O3S. The van der Waals surface area contributed by atoms with Gasteiger partial charge in [0.1, 0.15) is 11.4 Å². The number of carbonyl (C=O) groups excluding carboxylic acids is 2. The first-order chi connectivity index (χ1) is 14.3. The van der Waals surface area contributed by atoms with E-state index in [0.717, 1.165) is 10.0 Å². The van der Waals surface area contributed by atoms with Crippen molar-refractivity contribution in [2.45, 2.75) is 34.2 Å². The lowest BCUT2D eigenvalue weighted by Crippen LogP contribution is -2.36. The number of hydrogen-bond acceptors (Lipinski definition) is 5. The highest BCUT2D eigenvalue weighted by Crippen LogP contribution is 2.29. The van der Waals surface area contributed by atoms with Crippen LogP contribution in [0.3, 0.4) is 0 Å². The van der Waals surface area contributed by atoms with Crippen LogP contribution in [0.25, 0.3) is 10.2 Å². The maximum atomic E-state index is 13.0. The summed E-state index contributed by atoms with van der Waals surface area (Å²) in [5.41, 5.74) is 1.97. The van der Waals surface area contributed by atoms with Gasteiger partial charge in [0, 0.05) is 17.6 Å². The molecule has 2 heterocycles. The van der Waals surface area contributed by atoms with Crippen molar-refractivity contribution < 1.29 is 9.59 Å². The number of nitrogens with zero attached hydrogens (tertiary/aromatic N) is 3. The Hall–Kier alpha value is -2.52. The molecule has 0 aliphatic rings. The molecule has 0 bridgehead atoms. The highest BCUT2D eigenvalue weighted by molar-refractivity contribution is 9.10. The minimum Gasteiger partial charge on any atom is -0.342 e. The standard InChI is InChI=1S/C21H23BrN4O3S/c1-5-25(6-2)16(27)10-26-11-23-20-17(21(26)29)13(4)18(30-20)19(28)24-15-8-7-12(3)9-14(15)22/h7-9,11H,5-6,10H2,1-4H3,(H,24,28). The molecule has 3 rings (SSSR count). The number of aryl methyl sites for hydroxylation is 2. The summed E-state index contributed by atoms with van der Waals surface area (Å²) in [5, 5.41) is 3.26. The molecule has 2 aromatic heterocycles.